The molecule has 0 spiro atoms. The molecular weight excluding hydrogens is 824 g/mol. The number of hydrogen-bond donors (Lipinski definition) is 1. The van der Waals surface area contributed by atoms with Gasteiger partial charge in [-0.15, -0.1) is 12.2 Å². The van der Waals surface area contributed by atoms with E-state index in [1.54, 1.807) is 135 Å². The zero-order valence-corrected chi connectivity index (χ0v) is 33.9. The lowest BCUT2D eigenvalue weighted by molar-refractivity contribution is -0.160. The van der Waals surface area contributed by atoms with Crippen molar-refractivity contribution in [1.82, 2.24) is 0 Å². The molecule has 12 nitrogen and oxygen atoms in total. The van der Waals surface area contributed by atoms with E-state index >= 15 is 0 Å². The predicted molar refractivity (Wildman–Crippen MR) is 219 cm³/mol. The number of esters is 4. The van der Waals surface area contributed by atoms with Crippen LogP contribution in [-0.4, -0.2) is 83.7 Å². The van der Waals surface area contributed by atoms with Gasteiger partial charge in [0.05, 0.1) is 33.5 Å². The van der Waals surface area contributed by atoms with E-state index in [4.69, 9.17) is 34.8 Å². The first-order chi connectivity index (χ1) is 28.4. The summed E-state index contributed by atoms with van der Waals surface area (Å²) in [6.45, 7) is 6.65. The zero-order valence-electron chi connectivity index (χ0n) is 32.3. The number of carbonyl (C=O) groups excluding carboxylic acids is 5. The number of hydrogen-bond acceptors (Lipinski definition) is 12. The Kier molecular flexibility index (Phi) is 17.5. The molecule has 2 aliphatic heterocycles. The van der Waals surface area contributed by atoms with Crippen molar-refractivity contribution in [3.8, 4) is 12.3 Å². The molecule has 3 unspecified atom stereocenters. The Morgan fingerprint density at radius 1 is 0.712 bits per heavy atom. The number of terminal acetylenes is 1. The van der Waals surface area contributed by atoms with Crippen LogP contribution < -0.4 is 0 Å². The van der Waals surface area contributed by atoms with Crippen molar-refractivity contribution in [3.05, 3.63) is 162 Å². The van der Waals surface area contributed by atoms with Gasteiger partial charge in [0.1, 0.15) is 25.4 Å². The van der Waals surface area contributed by atoms with Crippen LogP contribution in [0, 0.1) is 24.2 Å². The molecule has 0 radical (unpaired) electrons. The van der Waals surface area contributed by atoms with Crippen molar-refractivity contribution < 1.29 is 57.5 Å². The topological polar surface area (TPSA) is 161 Å². The third-order valence-electron chi connectivity index (χ3n) is 9.13. The van der Waals surface area contributed by atoms with Gasteiger partial charge in [-0.25, -0.2) is 19.2 Å². The van der Waals surface area contributed by atoms with Gasteiger partial charge in [-0.3, -0.25) is 4.79 Å². The Balaban J connectivity index is 0.000000240. The highest BCUT2D eigenvalue weighted by atomic mass is 79.9. The Bertz CT molecular complexity index is 2100. The number of halogens is 1. The maximum Gasteiger partial charge on any atom is 0.340 e. The molecule has 2 saturated heterocycles. The summed E-state index contributed by atoms with van der Waals surface area (Å²) in [6, 6.07) is 33.8. The van der Waals surface area contributed by atoms with Gasteiger partial charge in [-0.2, -0.15) is 0 Å². The minimum Gasteiger partial charge on any atom is -0.459 e. The Hall–Kier alpha value is -6.13. The van der Waals surface area contributed by atoms with Gasteiger partial charge >= 0.3 is 23.9 Å². The van der Waals surface area contributed by atoms with Crippen molar-refractivity contribution in [2.45, 2.75) is 44.2 Å². The van der Waals surface area contributed by atoms with Crippen LogP contribution in [0.5, 0.6) is 0 Å². The number of carbonyl (C=O) groups is 5. The second kappa shape index (κ2) is 22.7. The molecule has 0 bridgehead atoms. The monoisotopic (exact) mass is 866 g/mol. The van der Waals surface area contributed by atoms with Crippen LogP contribution in [-0.2, 0) is 33.2 Å². The molecule has 1 N–H and O–H groups in total. The SMILES string of the molecule is C#CCBr.C=C=C[C@]1(O)C(OC(=O)c2ccccc2)O[C@H](COC(=O)c2ccccc2)C1C.C[C@H]1C(=O)C(OC(=O)c2ccccc2)O[C@@H]1COC(=O)c1ccccc1. The van der Waals surface area contributed by atoms with Gasteiger partial charge in [0.2, 0.25) is 12.1 Å². The fourth-order valence-corrected chi connectivity index (χ4v) is 5.69. The molecule has 306 valence electrons. The first kappa shape index (κ1) is 45.6. The Morgan fingerprint density at radius 3 is 1.51 bits per heavy atom. The summed E-state index contributed by atoms with van der Waals surface area (Å²) in [5, 5.41) is 11.7. The van der Waals surface area contributed by atoms with E-state index in [1.165, 1.54) is 6.08 Å². The number of aliphatic hydroxyl groups is 1. The van der Waals surface area contributed by atoms with Gasteiger partial charge in [-0.05, 0) is 54.6 Å². The Morgan fingerprint density at radius 2 is 1.10 bits per heavy atom. The van der Waals surface area contributed by atoms with E-state index in [-0.39, 0.29) is 19.0 Å². The van der Waals surface area contributed by atoms with Crippen molar-refractivity contribution in [1.29, 1.82) is 0 Å². The second-order valence-electron chi connectivity index (χ2n) is 13.0. The van der Waals surface area contributed by atoms with Crippen LogP contribution in [0.2, 0.25) is 0 Å². The van der Waals surface area contributed by atoms with Gasteiger partial charge in [0.25, 0.3) is 6.29 Å². The van der Waals surface area contributed by atoms with Crippen LogP contribution in [0.15, 0.2) is 140 Å². The molecule has 2 fully saturated rings. The van der Waals surface area contributed by atoms with Gasteiger partial charge in [0.15, 0.2) is 5.60 Å². The lowest BCUT2D eigenvalue weighted by atomic mass is 9.87. The summed E-state index contributed by atoms with van der Waals surface area (Å²) in [6.07, 6.45) is 2.10. The fourth-order valence-electron chi connectivity index (χ4n) is 5.69. The first-order valence-electron chi connectivity index (χ1n) is 18.3. The summed E-state index contributed by atoms with van der Waals surface area (Å²) >= 11 is 3.01. The molecular formula is C46H43BrO12. The molecule has 2 heterocycles. The summed E-state index contributed by atoms with van der Waals surface area (Å²) in [5.74, 6) is -1.39. The molecule has 7 atom stereocenters. The van der Waals surface area contributed by atoms with E-state index in [2.05, 4.69) is 34.2 Å². The molecule has 13 heteroatoms. The minimum atomic E-state index is -1.66. The molecule has 0 saturated carbocycles. The third-order valence-corrected chi connectivity index (χ3v) is 9.46. The standard InChI is InChI=1S/C23H22O6.C20H18O6.C3H3Br/c1-3-14-23(26)16(2)19(15-27-20(24)17-10-6-4-7-11-17)28-22(23)29-21(25)18-12-8-5-9-13-18;1-13-16(12-24-18(22)14-8-4-2-5-9-14)25-20(17(13)21)26-19(23)15-10-6-3-7-11-15;1-2-3-4/h4-14,16,19,22,26H,1,15H2,2H3;2-11,13,16,20H,12H2,1H3;1H,3H2/t16?,19-,22?,23-;13-,16-,20?;/m11./s1. The van der Waals surface area contributed by atoms with E-state index in [0.29, 0.717) is 27.6 Å². The van der Waals surface area contributed by atoms with Crippen molar-refractivity contribution in [3.63, 3.8) is 0 Å². The van der Waals surface area contributed by atoms with Crippen LogP contribution in [0.1, 0.15) is 55.3 Å². The highest BCUT2D eigenvalue weighted by Gasteiger charge is 2.55. The van der Waals surface area contributed by atoms with Crippen LogP contribution >= 0.6 is 15.9 Å². The lowest BCUT2D eigenvalue weighted by Crippen LogP contribution is -2.44. The maximum absolute atomic E-state index is 12.4. The lowest BCUT2D eigenvalue weighted by Gasteiger charge is -2.27. The largest absolute Gasteiger partial charge is 0.459 e. The van der Waals surface area contributed by atoms with Gasteiger partial charge < -0.3 is 33.5 Å². The van der Waals surface area contributed by atoms with Crippen molar-refractivity contribution in [2.24, 2.45) is 11.8 Å². The molecule has 0 aromatic heterocycles. The molecule has 2 aliphatic rings. The van der Waals surface area contributed by atoms with E-state index in [1.807, 2.05) is 0 Å². The van der Waals surface area contributed by atoms with Gasteiger partial charge in [0, 0.05) is 5.92 Å². The third kappa shape index (κ3) is 12.7. The number of benzene rings is 4. The quantitative estimate of drug-likeness (QED) is 0.0555. The summed E-state index contributed by atoms with van der Waals surface area (Å²) in [7, 11) is 0. The molecule has 4 aromatic carbocycles. The van der Waals surface area contributed by atoms with Crippen molar-refractivity contribution >= 4 is 45.6 Å². The van der Waals surface area contributed by atoms with Crippen LogP contribution in [0.25, 0.3) is 0 Å². The molecule has 0 aliphatic carbocycles. The fraction of sp³-hybridized carbons (Fsp3) is 0.261. The van der Waals surface area contributed by atoms with E-state index in [0.717, 1.165) is 0 Å². The Labute approximate surface area is 350 Å². The first-order valence-corrected chi connectivity index (χ1v) is 19.4. The van der Waals surface area contributed by atoms with E-state index < -0.39 is 66.1 Å². The highest BCUT2D eigenvalue weighted by molar-refractivity contribution is 9.09. The molecule has 59 heavy (non-hydrogen) atoms. The van der Waals surface area contributed by atoms with Crippen LogP contribution in [0.4, 0.5) is 0 Å². The molecule has 4 aromatic rings. The number of ketones is 1. The summed E-state index contributed by atoms with van der Waals surface area (Å²) in [5.41, 5.74) is 2.35. The highest BCUT2D eigenvalue weighted by Crippen LogP contribution is 2.38. The molecule has 6 rings (SSSR count). The summed E-state index contributed by atoms with van der Waals surface area (Å²) < 4.78 is 32.3. The van der Waals surface area contributed by atoms with Crippen molar-refractivity contribution in [2.75, 3.05) is 18.5 Å². The average molecular weight is 868 g/mol. The van der Waals surface area contributed by atoms with Crippen LogP contribution in [0.3, 0.4) is 0 Å². The number of alkyl halides is 1. The van der Waals surface area contributed by atoms with Gasteiger partial charge in [-0.1, -0.05) is 115 Å². The molecule has 0 amide bonds. The number of Topliss-reactive ketones (excluding diaryl/α,β-unsaturated/α-hetero) is 1. The normalized spacial score (nSPS) is 22.7. The predicted octanol–water partition coefficient (Wildman–Crippen LogP) is 6.78. The summed E-state index contributed by atoms with van der Waals surface area (Å²) in [4.78, 5) is 60.9. The second-order valence-corrected chi connectivity index (χ2v) is 13.6. The van der Waals surface area contributed by atoms with E-state index in [9.17, 15) is 29.1 Å². The average Bonchev–Trinajstić information content (AvgIpc) is 3.67. The maximum atomic E-state index is 12.4. The smallest absolute Gasteiger partial charge is 0.340 e. The number of ether oxygens (including phenoxy) is 6. The minimum absolute atomic E-state index is 0.0972. The zero-order chi connectivity index (χ0) is 42.8. The number of rotatable bonds is 11.